The number of nitriles is 1. The van der Waals surface area contributed by atoms with Crippen LogP contribution in [0, 0.1) is 11.3 Å². The number of pyridine rings is 1. The Kier molecular flexibility index (Phi) is 5.65. The molecule has 3 rings (SSSR count). The van der Waals surface area contributed by atoms with Crippen LogP contribution in [0.5, 0.6) is 0 Å². The Morgan fingerprint density at radius 3 is 2.83 bits per heavy atom. The molecule has 1 amide bonds. The maximum atomic E-state index is 11.6. The van der Waals surface area contributed by atoms with E-state index < -0.39 is 0 Å². The molecule has 0 saturated carbocycles. The van der Waals surface area contributed by atoms with Crippen molar-refractivity contribution < 1.29 is 4.79 Å². The van der Waals surface area contributed by atoms with Crippen molar-refractivity contribution in [1.82, 2.24) is 14.8 Å². The van der Waals surface area contributed by atoms with Gasteiger partial charge in [0.2, 0.25) is 5.91 Å². The van der Waals surface area contributed by atoms with Gasteiger partial charge in [-0.05, 0) is 44.5 Å². The molecule has 24 heavy (non-hydrogen) atoms. The zero-order chi connectivity index (χ0) is 16.8. The number of nitrogens with zero attached hydrogens (tertiary/aromatic N) is 5. The highest BCUT2D eigenvalue weighted by molar-refractivity contribution is 5.77. The molecule has 0 bridgehead atoms. The van der Waals surface area contributed by atoms with Crippen LogP contribution in [0.3, 0.4) is 0 Å². The number of amides is 1. The molecule has 128 valence electrons. The summed E-state index contributed by atoms with van der Waals surface area (Å²) in [5, 5.41) is 9.25. The van der Waals surface area contributed by atoms with E-state index in [9.17, 15) is 10.1 Å². The number of hydrogen-bond donors (Lipinski definition) is 0. The van der Waals surface area contributed by atoms with Gasteiger partial charge in [0, 0.05) is 45.3 Å². The number of rotatable bonds is 5. The molecule has 6 heteroatoms. The van der Waals surface area contributed by atoms with Crippen LogP contribution < -0.4 is 4.90 Å². The predicted octanol–water partition coefficient (Wildman–Crippen LogP) is 1.48. The SMILES string of the molecule is N#Cc1cccnc1N1CCCN(CCCN2CCCC2=O)CC1. The third-order valence-corrected chi connectivity index (χ3v) is 4.87. The summed E-state index contributed by atoms with van der Waals surface area (Å²) >= 11 is 0. The van der Waals surface area contributed by atoms with Crippen molar-refractivity contribution in [3.63, 3.8) is 0 Å². The highest BCUT2D eigenvalue weighted by Gasteiger charge is 2.21. The van der Waals surface area contributed by atoms with E-state index in [4.69, 9.17) is 0 Å². The summed E-state index contributed by atoms with van der Waals surface area (Å²) in [4.78, 5) is 22.7. The maximum Gasteiger partial charge on any atom is 0.222 e. The van der Waals surface area contributed by atoms with E-state index in [-0.39, 0.29) is 0 Å². The Morgan fingerprint density at radius 1 is 1.12 bits per heavy atom. The summed E-state index contributed by atoms with van der Waals surface area (Å²) in [5.41, 5.74) is 0.651. The van der Waals surface area contributed by atoms with E-state index in [1.807, 2.05) is 17.0 Å². The molecule has 0 spiro atoms. The van der Waals surface area contributed by atoms with Crippen LogP contribution in [0.2, 0.25) is 0 Å². The molecular formula is C18H25N5O. The van der Waals surface area contributed by atoms with E-state index in [1.165, 1.54) is 0 Å². The van der Waals surface area contributed by atoms with Gasteiger partial charge < -0.3 is 14.7 Å². The van der Waals surface area contributed by atoms with Gasteiger partial charge in [-0.25, -0.2) is 4.98 Å². The summed E-state index contributed by atoms with van der Waals surface area (Å²) < 4.78 is 0. The van der Waals surface area contributed by atoms with E-state index >= 15 is 0 Å². The van der Waals surface area contributed by atoms with Crippen LogP contribution in [-0.4, -0.2) is 66.5 Å². The molecule has 0 atom stereocenters. The van der Waals surface area contributed by atoms with E-state index in [2.05, 4.69) is 20.9 Å². The van der Waals surface area contributed by atoms with Crippen molar-refractivity contribution in [2.75, 3.05) is 50.7 Å². The molecule has 0 aromatic carbocycles. The second-order valence-corrected chi connectivity index (χ2v) is 6.51. The quantitative estimate of drug-likeness (QED) is 0.820. The average Bonchev–Trinajstić information content (AvgIpc) is 2.88. The number of likely N-dealkylation sites (tertiary alicyclic amines) is 1. The Labute approximate surface area is 143 Å². The van der Waals surface area contributed by atoms with Crippen LogP contribution in [0.15, 0.2) is 18.3 Å². The molecular weight excluding hydrogens is 302 g/mol. The van der Waals surface area contributed by atoms with Gasteiger partial charge in [-0.3, -0.25) is 4.79 Å². The fraction of sp³-hybridized carbons (Fsp3) is 0.611. The topological polar surface area (TPSA) is 63.5 Å². The molecule has 1 aromatic heterocycles. The van der Waals surface area contributed by atoms with Gasteiger partial charge >= 0.3 is 0 Å². The second kappa shape index (κ2) is 8.11. The molecule has 1 aromatic rings. The number of anilines is 1. The fourth-order valence-electron chi connectivity index (χ4n) is 3.57. The van der Waals surface area contributed by atoms with Crippen molar-refractivity contribution in [3.05, 3.63) is 23.9 Å². The van der Waals surface area contributed by atoms with Gasteiger partial charge in [0.25, 0.3) is 0 Å². The van der Waals surface area contributed by atoms with E-state index in [0.717, 1.165) is 77.3 Å². The summed E-state index contributed by atoms with van der Waals surface area (Å²) in [5.74, 6) is 1.13. The molecule has 2 aliphatic rings. The Hall–Kier alpha value is -2.13. The zero-order valence-electron chi connectivity index (χ0n) is 14.2. The molecule has 0 N–H and O–H groups in total. The number of hydrogen-bond acceptors (Lipinski definition) is 5. The third-order valence-electron chi connectivity index (χ3n) is 4.87. The largest absolute Gasteiger partial charge is 0.354 e. The highest BCUT2D eigenvalue weighted by Crippen LogP contribution is 2.18. The van der Waals surface area contributed by atoms with Gasteiger partial charge in [0.1, 0.15) is 11.9 Å². The van der Waals surface area contributed by atoms with Crippen molar-refractivity contribution in [3.8, 4) is 6.07 Å². The van der Waals surface area contributed by atoms with Crippen LogP contribution >= 0.6 is 0 Å². The molecule has 0 radical (unpaired) electrons. The smallest absolute Gasteiger partial charge is 0.222 e. The van der Waals surface area contributed by atoms with Crippen LogP contribution in [0.1, 0.15) is 31.2 Å². The Balaban J connectivity index is 1.48. The lowest BCUT2D eigenvalue weighted by Gasteiger charge is -2.24. The van der Waals surface area contributed by atoms with Crippen LogP contribution in [-0.2, 0) is 4.79 Å². The summed E-state index contributed by atoms with van der Waals surface area (Å²) in [6.07, 6.45) is 5.61. The average molecular weight is 327 g/mol. The lowest BCUT2D eigenvalue weighted by atomic mass is 10.2. The van der Waals surface area contributed by atoms with Crippen molar-refractivity contribution in [2.45, 2.75) is 25.7 Å². The van der Waals surface area contributed by atoms with E-state index in [0.29, 0.717) is 11.5 Å². The first kappa shape index (κ1) is 16.7. The Bertz CT molecular complexity index is 612. The minimum absolute atomic E-state index is 0.316. The van der Waals surface area contributed by atoms with Crippen molar-refractivity contribution in [2.24, 2.45) is 0 Å². The number of carbonyl (C=O) groups excluding carboxylic acids is 1. The lowest BCUT2D eigenvalue weighted by Crippen LogP contribution is -2.34. The molecule has 3 heterocycles. The standard InChI is InChI=1S/C18H25N5O/c19-15-16-5-1-7-20-18(16)23-12-4-9-21(13-14-23)8-3-11-22-10-2-6-17(22)24/h1,5,7H,2-4,6,8-14H2. The van der Waals surface area contributed by atoms with Crippen molar-refractivity contribution in [1.29, 1.82) is 5.26 Å². The first-order chi connectivity index (χ1) is 11.8. The normalized spacial score (nSPS) is 19.4. The van der Waals surface area contributed by atoms with Gasteiger partial charge in [-0.1, -0.05) is 0 Å². The van der Waals surface area contributed by atoms with Crippen molar-refractivity contribution >= 4 is 11.7 Å². The van der Waals surface area contributed by atoms with Gasteiger partial charge in [-0.15, -0.1) is 0 Å². The number of carbonyl (C=O) groups is 1. The minimum Gasteiger partial charge on any atom is -0.354 e. The molecule has 2 saturated heterocycles. The fourth-order valence-corrected chi connectivity index (χ4v) is 3.57. The summed E-state index contributed by atoms with van der Waals surface area (Å²) in [6, 6.07) is 5.88. The van der Waals surface area contributed by atoms with Gasteiger partial charge in [0.05, 0.1) is 5.56 Å². The van der Waals surface area contributed by atoms with E-state index in [1.54, 1.807) is 6.20 Å². The molecule has 2 aliphatic heterocycles. The molecule has 2 fully saturated rings. The van der Waals surface area contributed by atoms with Crippen LogP contribution in [0.25, 0.3) is 0 Å². The molecule has 0 aliphatic carbocycles. The minimum atomic E-state index is 0.316. The molecule has 6 nitrogen and oxygen atoms in total. The maximum absolute atomic E-state index is 11.6. The molecule has 0 unspecified atom stereocenters. The van der Waals surface area contributed by atoms with Gasteiger partial charge in [-0.2, -0.15) is 5.26 Å². The zero-order valence-corrected chi connectivity index (χ0v) is 14.2. The summed E-state index contributed by atoms with van der Waals surface area (Å²) in [7, 11) is 0. The first-order valence-corrected chi connectivity index (χ1v) is 8.88. The van der Waals surface area contributed by atoms with Crippen LogP contribution in [0.4, 0.5) is 5.82 Å². The monoisotopic (exact) mass is 327 g/mol. The predicted molar refractivity (Wildman–Crippen MR) is 92.7 cm³/mol. The summed E-state index contributed by atoms with van der Waals surface area (Å²) in [6.45, 7) is 6.74. The first-order valence-electron chi connectivity index (χ1n) is 8.88. The van der Waals surface area contributed by atoms with Gasteiger partial charge in [0.15, 0.2) is 0 Å². The lowest BCUT2D eigenvalue weighted by molar-refractivity contribution is -0.127. The third kappa shape index (κ3) is 4.04. The Morgan fingerprint density at radius 2 is 2.04 bits per heavy atom. The second-order valence-electron chi connectivity index (χ2n) is 6.51. The number of aromatic nitrogens is 1. The highest BCUT2D eigenvalue weighted by atomic mass is 16.2.